The molecule has 1 rings (SSSR count). The van der Waals surface area contributed by atoms with Crippen molar-refractivity contribution in [3.63, 3.8) is 0 Å². The van der Waals surface area contributed by atoms with Crippen LogP contribution in [0, 0.1) is 0 Å². The van der Waals surface area contributed by atoms with Gasteiger partial charge in [-0.15, -0.1) is 0 Å². The number of alkyl halides is 2. The first-order valence-electron chi connectivity index (χ1n) is 5.33. The number of methoxy groups -OCH3 is 1. The lowest BCUT2D eigenvalue weighted by atomic mass is 9.96. The van der Waals surface area contributed by atoms with E-state index >= 15 is 0 Å². The zero-order valence-electron chi connectivity index (χ0n) is 9.98. The van der Waals surface area contributed by atoms with E-state index in [1.165, 1.54) is 25.3 Å². The molecule has 0 bridgehead atoms. The number of benzene rings is 1. The number of hydrogen-bond donors (Lipinski definition) is 0. The molecule has 0 saturated carbocycles. The van der Waals surface area contributed by atoms with E-state index in [2.05, 4.69) is 4.74 Å². The van der Waals surface area contributed by atoms with Gasteiger partial charge in [0.1, 0.15) is 0 Å². The average Bonchev–Trinajstić information content (AvgIpc) is 2.30. The van der Waals surface area contributed by atoms with E-state index in [0.717, 1.165) is 0 Å². The Morgan fingerprint density at radius 3 is 2.50 bits per heavy atom. The lowest BCUT2D eigenvalue weighted by Gasteiger charge is -2.18. The summed E-state index contributed by atoms with van der Waals surface area (Å²) in [5, 5.41) is 10.9. The number of aliphatic carboxylic acids is 1. The van der Waals surface area contributed by atoms with Crippen LogP contribution in [0.25, 0.3) is 0 Å². The summed E-state index contributed by atoms with van der Waals surface area (Å²) in [6.45, 7) is -1.27. The molecule has 4 nitrogen and oxygen atoms in total. The fraction of sp³-hybridized carbons (Fsp3) is 0.417. The van der Waals surface area contributed by atoms with Gasteiger partial charge in [0.15, 0.2) is 11.5 Å². The van der Waals surface area contributed by atoms with Crippen LogP contribution in [0.1, 0.15) is 24.8 Å². The second-order valence-electron chi connectivity index (χ2n) is 3.57. The quantitative estimate of drug-likeness (QED) is 0.777. The van der Waals surface area contributed by atoms with Crippen LogP contribution in [-0.2, 0) is 4.79 Å². The highest BCUT2D eigenvalue weighted by molar-refractivity contribution is 5.74. The summed E-state index contributed by atoms with van der Waals surface area (Å²) in [6.07, 6.45) is 0.334. The first-order chi connectivity index (χ1) is 8.49. The normalized spacial score (nSPS) is 12.3. The zero-order valence-corrected chi connectivity index (χ0v) is 9.98. The van der Waals surface area contributed by atoms with Crippen LogP contribution in [0.15, 0.2) is 18.2 Å². The Morgan fingerprint density at radius 2 is 2.06 bits per heavy atom. The molecule has 0 aromatic heterocycles. The van der Waals surface area contributed by atoms with Gasteiger partial charge in [0.2, 0.25) is 0 Å². The molecule has 0 amide bonds. The van der Waals surface area contributed by atoms with Crippen LogP contribution in [0.3, 0.4) is 0 Å². The number of carboxylic acid groups (broad SMARTS) is 1. The van der Waals surface area contributed by atoms with Gasteiger partial charge >= 0.3 is 6.61 Å². The monoisotopic (exact) mass is 259 g/mol. The van der Waals surface area contributed by atoms with E-state index in [9.17, 15) is 18.7 Å². The average molecular weight is 259 g/mol. The second kappa shape index (κ2) is 6.18. The van der Waals surface area contributed by atoms with Gasteiger partial charge < -0.3 is 19.4 Å². The van der Waals surface area contributed by atoms with Gasteiger partial charge in [0.05, 0.1) is 7.11 Å². The third kappa shape index (κ3) is 3.32. The number of rotatable bonds is 6. The topological polar surface area (TPSA) is 58.6 Å². The highest BCUT2D eigenvalue weighted by atomic mass is 19.3. The van der Waals surface area contributed by atoms with Crippen molar-refractivity contribution in [3.8, 4) is 11.5 Å². The zero-order chi connectivity index (χ0) is 13.7. The van der Waals surface area contributed by atoms with E-state index in [0.29, 0.717) is 12.0 Å². The standard InChI is InChI=1S/C12H14F2O4/c1-3-8(11(15)16)7-4-5-9(18-12(13)14)10(6-7)17-2/h4-6,8,12H,3H2,1-2H3,(H,15,16)/p-1. The van der Waals surface area contributed by atoms with Crippen LogP contribution in [-0.4, -0.2) is 19.7 Å². The van der Waals surface area contributed by atoms with Crippen LogP contribution in [0.2, 0.25) is 0 Å². The van der Waals surface area contributed by atoms with Gasteiger partial charge in [-0.1, -0.05) is 13.0 Å². The molecule has 100 valence electrons. The Hall–Kier alpha value is -1.85. The Morgan fingerprint density at radius 1 is 1.39 bits per heavy atom. The van der Waals surface area contributed by atoms with Gasteiger partial charge in [0, 0.05) is 11.9 Å². The molecule has 0 radical (unpaired) electrons. The highest BCUT2D eigenvalue weighted by Crippen LogP contribution is 2.32. The summed E-state index contributed by atoms with van der Waals surface area (Å²) in [5.74, 6) is -2.10. The Kier molecular flexibility index (Phi) is 4.88. The smallest absolute Gasteiger partial charge is 0.387 e. The van der Waals surface area contributed by atoms with Crippen LogP contribution >= 0.6 is 0 Å². The summed E-state index contributed by atoms with van der Waals surface area (Å²) in [4.78, 5) is 10.9. The lowest BCUT2D eigenvalue weighted by Crippen LogP contribution is -2.29. The predicted octanol–water partition coefficient (Wildman–Crippen LogP) is 1.54. The van der Waals surface area contributed by atoms with Crippen LogP contribution in [0.5, 0.6) is 11.5 Å². The number of ether oxygens (including phenoxy) is 2. The maximum atomic E-state index is 12.1. The number of hydrogen-bond acceptors (Lipinski definition) is 4. The van der Waals surface area contributed by atoms with Crippen LogP contribution < -0.4 is 14.6 Å². The van der Waals surface area contributed by atoms with Crippen molar-refractivity contribution >= 4 is 5.97 Å². The minimum absolute atomic E-state index is 0.0625. The molecule has 1 unspecified atom stereocenters. The molecule has 1 atom stereocenters. The predicted molar refractivity (Wildman–Crippen MR) is 57.7 cm³/mol. The molecule has 0 saturated heterocycles. The van der Waals surface area contributed by atoms with Crippen LogP contribution in [0.4, 0.5) is 8.78 Å². The number of carbonyl (C=O) groups excluding carboxylic acids is 1. The largest absolute Gasteiger partial charge is 0.549 e. The summed E-state index contributed by atoms with van der Waals surface area (Å²) < 4.78 is 33.4. The molecular weight excluding hydrogens is 246 g/mol. The molecule has 1 aromatic rings. The molecule has 0 fully saturated rings. The minimum Gasteiger partial charge on any atom is -0.549 e. The number of carbonyl (C=O) groups is 1. The molecule has 1 aromatic carbocycles. The highest BCUT2D eigenvalue weighted by Gasteiger charge is 2.15. The van der Waals surface area contributed by atoms with Gasteiger partial charge in [-0.25, -0.2) is 0 Å². The van der Waals surface area contributed by atoms with Gasteiger partial charge in [0.25, 0.3) is 0 Å². The Bertz CT molecular complexity index is 421. The van der Waals surface area contributed by atoms with Gasteiger partial charge in [-0.2, -0.15) is 8.78 Å². The van der Waals surface area contributed by atoms with E-state index in [1.807, 2.05) is 0 Å². The summed E-state index contributed by atoms with van der Waals surface area (Å²) in [7, 11) is 1.29. The maximum Gasteiger partial charge on any atom is 0.387 e. The van der Waals surface area contributed by atoms with Crippen molar-refractivity contribution in [1.82, 2.24) is 0 Å². The Labute approximate surface area is 103 Å². The van der Waals surface area contributed by atoms with Crippen molar-refractivity contribution in [2.45, 2.75) is 25.9 Å². The molecule has 0 heterocycles. The molecular formula is C12H13F2O4-. The molecule has 0 N–H and O–H groups in total. The van der Waals surface area contributed by atoms with E-state index in [4.69, 9.17) is 4.74 Å². The van der Waals surface area contributed by atoms with E-state index in [-0.39, 0.29) is 11.5 Å². The SMILES string of the molecule is CCC(C(=O)[O-])c1ccc(OC(F)F)c(OC)c1. The lowest BCUT2D eigenvalue weighted by molar-refractivity contribution is -0.308. The number of halogens is 2. The van der Waals surface area contributed by atoms with Gasteiger partial charge in [-0.3, -0.25) is 0 Å². The van der Waals surface area contributed by atoms with Crippen molar-refractivity contribution in [2.75, 3.05) is 7.11 Å². The fourth-order valence-electron chi connectivity index (χ4n) is 1.63. The Balaban J connectivity index is 3.07. The molecule has 18 heavy (non-hydrogen) atoms. The van der Waals surface area contributed by atoms with E-state index in [1.54, 1.807) is 6.92 Å². The maximum absolute atomic E-state index is 12.1. The first kappa shape index (κ1) is 14.2. The second-order valence-corrected chi connectivity index (χ2v) is 3.57. The molecule has 0 spiro atoms. The molecule has 6 heteroatoms. The third-order valence-corrected chi connectivity index (χ3v) is 2.50. The van der Waals surface area contributed by atoms with Crippen molar-refractivity contribution in [2.24, 2.45) is 0 Å². The van der Waals surface area contributed by atoms with Crippen molar-refractivity contribution < 1.29 is 28.2 Å². The van der Waals surface area contributed by atoms with Crippen molar-refractivity contribution in [1.29, 1.82) is 0 Å². The summed E-state index contributed by atoms with van der Waals surface area (Å²) in [6, 6.07) is 4.03. The van der Waals surface area contributed by atoms with Gasteiger partial charge in [-0.05, 0) is 24.1 Å². The summed E-state index contributed by atoms with van der Waals surface area (Å²) >= 11 is 0. The molecule has 0 aliphatic heterocycles. The number of carboxylic acids is 1. The molecule has 0 aliphatic carbocycles. The summed E-state index contributed by atoms with van der Waals surface area (Å²) in [5.41, 5.74) is 0.427. The van der Waals surface area contributed by atoms with E-state index < -0.39 is 18.5 Å². The fourth-order valence-corrected chi connectivity index (χ4v) is 1.63. The molecule has 0 aliphatic rings. The van der Waals surface area contributed by atoms with Crippen molar-refractivity contribution in [3.05, 3.63) is 23.8 Å². The third-order valence-electron chi connectivity index (χ3n) is 2.50. The first-order valence-corrected chi connectivity index (χ1v) is 5.33. The minimum atomic E-state index is -2.96.